The van der Waals surface area contributed by atoms with Crippen LogP contribution in [0.4, 0.5) is 0 Å². The number of benzene rings is 2. The Hall–Kier alpha value is -1.85. The third-order valence-electron chi connectivity index (χ3n) is 5.00. The van der Waals surface area contributed by atoms with Crippen LogP contribution in [0.2, 0.25) is 0 Å². The Balaban J connectivity index is 1.65. The van der Waals surface area contributed by atoms with Crippen LogP contribution in [-0.2, 0) is 46.5 Å². The summed E-state index contributed by atoms with van der Waals surface area (Å²) in [7, 11) is -3.82. The summed E-state index contributed by atoms with van der Waals surface area (Å²) >= 11 is 0. The average Bonchev–Trinajstić information content (AvgIpc) is 3.09. The molecule has 0 bridgehead atoms. The first-order valence-electron chi connectivity index (χ1n) is 10.8. The Labute approximate surface area is 195 Å². The van der Waals surface area contributed by atoms with Crippen molar-refractivity contribution in [3.05, 3.63) is 71.8 Å². The molecule has 1 saturated heterocycles. The molecule has 1 heterocycles. The molecule has 0 amide bonds. The van der Waals surface area contributed by atoms with Gasteiger partial charge in [0.1, 0.15) is 24.4 Å². The van der Waals surface area contributed by atoms with Crippen LogP contribution in [-0.4, -0.2) is 63.2 Å². The number of rotatable bonds is 12. The van der Waals surface area contributed by atoms with Crippen molar-refractivity contribution in [2.75, 3.05) is 19.5 Å². The number of aliphatic hydroxyl groups excluding tert-OH is 1. The van der Waals surface area contributed by atoms with Gasteiger partial charge in [0.2, 0.25) is 0 Å². The second-order valence-electron chi connectivity index (χ2n) is 8.47. The zero-order chi connectivity index (χ0) is 23.9. The summed E-state index contributed by atoms with van der Waals surface area (Å²) in [6, 6.07) is 19.1. The molecule has 33 heavy (non-hydrogen) atoms. The van der Waals surface area contributed by atoms with E-state index in [4.69, 9.17) is 23.1 Å². The summed E-state index contributed by atoms with van der Waals surface area (Å²) in [6.45, 7) is 3.89. The summed E-state index contributed by atoms with van der Waals surface area (Å²) in [5.41, 5.74) is 1.91. The monoisotopic (exact) mass is 480 g/mol. The molecule has 182 valence electrons. The lowest BCUT2D eigenvalue weighted by molar-refractivity contribution is -0.163. The Morgan fingerprint density at radius 3 is 1.88 bits per heavy atom. The van der Waals surface area contributed by atoms with E-state index in [-0.39, 0.29) is 19.8 Å². The van der Waals surface area contributed by atoms with Crippen molar-refractivity contribution in [1.82, 2.24) is 0 Å². The quantitative estimate of drug-likeness (QED) is 0.463. The molecular formula is C24H32O8S. The standard InChI is InChI=1S/C24H32O8S/c1-24(2)30-22(20(25)16-28-14-18-10-6-4-7-11-18)23(31-24)21(32-33(3,26)27)17-29-15-19-12-8-5-9-13-19/h4-13,20-23,25H,14-17H2,1-3H3/t20-,21-,22-,23-/m1/s1. The first-order chi connectivity index (χ1) is 15.6. The van der Waals surface area contributed by atoms with Crippen molar-refractivity contribution in [3.8, 4) is 0 Å². The Kier molecular flexibility index (Phi) is 9.00. The molecule has 2 aromatic carbocycles. The molecule has 0 radical (unpaired) electrons. The van der Waals surface area contributed by atoms with Gasteiger partial charge >= 0.3 is 0 Å². The summed E-state index contributed by atoms with van der Waals surface area (Å²) < 4.78 is 52.4. The van der Waals surface area contributed by atoms with Gasteiger partial charge in [-0.25, -0.2) is 0 Å². The predicted molar refractivity (Wildman–Crippen MR) is 122 cm³/mol. The Bertz CT molecular complexity index is 949. The van der Waals surface area contributed by atoms with E-state index >= 15 is 0 Å². The van der Waals surface area contributed by atoms with Gasteiger partial charge in [0.15, 0.2) is 5.79 Å². The third kappa shape index (κ3) is 8.46. The molecule has 1 N–H and O–H groups in total. The molecule has 3 rings (SSSR count). The van der Waals surface area contributed by atoms with Crippen LogP contribution < -0.4 is 0 Å². The molecule has 0 aromatic heterocycles. The van der Waals surface area contributed by atoms with Crippen LogP contribution in [0.15, 0.2) is 60.7 Å². The van der Waals surface area contributed by atoms with Gasteiger partial charge in [-0.3, -0.25) is 4.18 Å². The molecule has 1 fully saturated rings. The number of ether oxygens (including phenoxy) is 4. The first-order valence-corrected chi connectivity index (χ1v) is 12.6. The van der Waals surface area contributed by atoms with Crippen molar-refractivity contribution < 1.29 is 36.7 Å². The van der Waals surface area contributed by atoms with Crippen molar-refractivity contribution in [2.45, 2.75) is 57.3 Å². The first kappa shape index (κ1) is 25.8. The van der Waals surface area contributed by atoms with E-state index in [0.29, 0.717) is 6.61 Å². The van der Waals surface area contributed by atoms with Crippen LogP contribution in [0.5, 0.6) is 0 Å². The smallest absolute Gasteiger partial charge is 0.264 e. The maximum absolute atomic E-state index is 11.9. The normalized spacial score (nSPS) is 22.2. The minimum atomic E-state index is -3.82. The van der Waals surface area contributed by atoms with Crippen LogP contribution in [0.3, 0.4) is 0 Å². The van der Waals surface area contributed by atoms with Gasteiger partial charge in [0.25, 0.3) is 10.1 Å². The Morgan fingerprint density at radius 2 is 1.36 bits per heavy atom. The van der Waals surface area contributed by atoms with E-state index in [9.17, 15) is 13.5 Å². The Morgan fingerprint density at radius 1 is 0.879 bits per heavy atom. The summed E-state index contributed by atoms with van der Waals surface area (Å²) in [6.07, 6.45) is -2.88. The highest BCUT2D eigenvalue weighted by Gasteiger charge is 2.49. The molecular weight excluding hydrogens is 448 g/mol. The average molecular weight is 481 g/mol. The van der Waals surface area contributed by atoms with Gasteiger partial charge in [-0.05, 0) is 25.0 Å². The second kappa shape index (κ2) is 11.5. The SMILES string of the molecule is CC1(C)O[C@H]([C@H](O)COCc2ccccc2)[C@@H]([C@@H](COCc2ccccc2)OS(C)(=O)=O)O1. The number of aliphatic hydroxyl groups is 1. The number of hydrogen-bond acceptors (Lipinski definition) is 8. The number of hydrogen-bond donors (Lipinski definition) is 1. The van der Waals surface area contributed by atoms with E-state index in [1.165, 1.54) is 0 Å². The molecule has 4 atom stereocenters. The van der Waals surface area contributed by atoms with Crippen LogP contribution in [0.25, 0.3) is 0 Å². The lowest BCUT2D eigenvalue weighted by Crippen LogP contribution is -2.47. The topological polar surface area (TPSA) is 101 Å². The molecule has 1 aliphatic rings. The predicted octanol–water partition coefficient (Wildman–Crippen LogP) is 2.65. The van der Waals surface area contributed by atoms with Gasteiger partial charge in [0.05, 0.1) is 32.7 Å². The molecule has 8 nitrogen and oxygen atoms in total. The van der Waals surface area contributed by atoms with Crippen LogP contribution in [0, 0.1) is 0 Å². The van der Waals surface area contributed by atoms with Crippen LogP contribution >= 0.6 is 0 Å². The van der Waals surface area contributed by atoms with Crippen molar-refractivity contribution in [1.29, 1.82) is 0 Å². The fraction of sp³-hybridized carbons (Fsp3) is 0.500. The van der Waals surface area contributed by atoms with E-state index in [1.54, 1.807) is 13.8 Å². The lowest BCUT2D eigenvalue weighted by atomic mass is 10.0. The summed E-state index contributed by atoms with van der Waals surface area (Å²) in [5.74, 6) is -1.05. The zero-order valence-corrected chi connectivity index (χ0v) is 19.9. The lowest BCUT2D eigenvalue weighted by Gasteiger charge is -2.28. The minimum absolute atomic E-state index is 0.0219. The van der Waals surface area contributed by atoms with Gasteiger partial charge in [-0.2, -0.15) is 8.42 Å². The van der Waals surface area contributed by atoms with Gasteiger partial charge in [-0.15, -0.1) is 0 Å². The third-order valence-corrected chi connectivity index (χ3v) is 5.60. The minimum Gasteiger partial charge on any atom is -0.388 e. The maximum Gasteiger partial charge on any atom is 0.264 e. The molecule has 0 saturated carbocycles. The van der Waals surface area contributed by atoms with Crippen LogP contribution in [0.1, 0.15) is 25.0 Å². The van der Waals surface area contributed by atoms with E-state index < -0.39 is 40.3 Å². The zero-order valence-electron chi connectivity index (χ0n) is 19.1. The molecule has 0 unspecified atom stereocenters. The fourth-order valence-corrected chi connectivity index (χ4v) is 4.25. The van der Waals surface area contributed by atoms with E-state index in [1.807, 2.05) is 60.7 Å². The maximum atomic E-state index is 11.9. The second-order valence-corrected chi connectivity index (χ2v) is 10.1. The largest absolute Gasteiger partial charge is 0.388 e. The van der Waals surface area contributed by atoms with E-state index in [0.717, 1.165) is 17.4 Å². The molecule has 0 spiro atoms. The molecule has 9 heteroatoms. The van der Waals surface area contributed by atoms with Crippen molar-refractivity contribution in [3.63, 3.8) is 0 Å². The molecule has 1 aliphatic heterocycles. The van der Waals surface area contributed by atoms with Crippen molar-refractivity contribution in [2.24, 2.45) is 0 Å². The van der Waals surface area contributed by atoms with Gasteiger partial charge in [0, 0.05) is 0 Å². The van der Waals surface area contributed by atoms with Gasteiger partial charge < -0.3 is 24.1 Å². The molecule has 0 aliphatic carbocycles. The fourth-order valence-electron chi connectivity index (χ4n) is 3.64. The summed E-state index contributed by atoms with van der Waals surface area (Å²) in [4.78, 5) is 0. The van der Waals surface area contributed by atoms with E-state index in [2.05, 4.69) is 0 Å². The molecule has 2 aromatic rings. The van der Waals surface area contributed by atoms with Gasteiger partial charge in [-0.1, -0.05) is 60.7 Å². The summed E-state index contributed by atoms with van der Waals surface area (Å²) in [5, 5.41) is 10.8. The van der Waals surface area contributed by atoms with Crippen molar-refractivity contribution >= 4 is 10.1 Å². The highest BCUT2D eigenvalue weighted by molar-refractivity contribution is 7.86. The highest BCUT2D eigenvalue weighted by Crippen LogP contribution is 2.33. The highest BCUT2D eigenvalue weighted by atomic mass is 32.2.